The largest absolute Gasteiger partial charge is 0.434 e. The summed E-state index contributed by atoms with van der Waals surface area (Å²) in [4.78, 5) is 13.6. The van der Waals surface area contributed by atoms with Crippen LogP contribution in [0.2, 0.25) is 0 Å². The molecule has 22 heavy (non-hydrogen) atoms. The van der Waals surface area contributed by atoms with Crippen LogP contribution in [-0.2, 0) is 26.8 Å². The summed E-state index contributed by atoms with van der Waals surface area (Å²) in [7, 11) is 4.35. The zero-order chi connectivity index (χ0) is 16.7. The summed E-state index contributed by atoms with van der Waals surface area (Å²) >= 11 is 2.83. The molecule has 0 unspecified atom stereocenters. The Morgan fingerprint density at radius 1 is 1.36 bits per heavy atom. The van der Waals surface area contributed by atoms with Crippen molar-refractivity contribution in [1.82, 2.24) is 24.5 Å². The minimum atomic E-state index is -4.60. The summed E-state index contributed by atoms with van der Waals surface area (Å²) in [6.07, 6.45) is -3.02. The third-order valence-electron chi connectivity index (χ3n) is 3.13. The molecule has 120 valence electrons. The van der Waals surface area contributed by atoms with E-state index in [9.17, 15) is 18.0 Å². The van der Waals surface area contributed by atoms with Gasteiger partial charge in [0.25, 0.3) is 5.91 Å². The molecular weight excluding hydrogens is 367 g/mol. The lowest BCUT2D eigenvalue weighted by molar-refractivity contribution is -0.144. The van der Waals surface area contributed by atoms with Crippen molar-refractivity contribution in [2.24, 2.45) is 14.1 Å². The fourth-order valence-corrected chi connectivity index (χ4v) is 2.73. The maximum absolute atomic E-state index is 12.9. The standard InChI is InChI=1S/C12H13BrF3N5O/c1-19(6-7-4-5-17-20(7)2)11(22)9-8(13)10(12(14,15)16)21(3)18-9/h4-5H,6H2,1-3H3. The predicted octanol–water partition coefficient (Wildman–Crippen LogP) is 2.21. The zero-order valence-corrected chi connectivity index (χ0v) is 13.6. The fourth-order valence-electron chi connectivity index (χ4n) is 1.99. The van der Waals surface area contributed by atoms with Gasteiger partial charge in [-0.1, -0.05) is 0 Å². The van der Waals surface area contributed by atoms with E-state index in [-0.39, 0.29) is 16.7 Å². The number of hydrogen-bond donors (Lipinski definition) is 0. The van der Waals surface area contributed by atoms with E-state index >= 15 is 0 Å². The molecule has 0 aliphatic heterocycles. The van der Waals surface area contributed by atoms with Gasteiger partial charge in [0.2, 0.25) is 0 Å². The van der Waals surface area contributed by atoms with Crippen LogP contribution in [0.25, 0.3) is 0 Å². The van der Waals surface area contributed by atoms with Gasteiger partial charge in [-0.05, 0) is 22.0 Å². The SMILES string of the molecule is CN(Cc1ccnn1C)C(=O)c1nn(C)c(C(F)(F)F)c1Br. The van der Waals surface area contributed by atoms with E-state index in [0.717, 1.165) is 12.7 Å². The first kappa shape index (κ1) is 16.5. The molecule has 0 fully saturated rings. The molecule has 0 bridgehead atoms. The van der Waals surface area contributed by atoms with Crippen LogP contribution in [0.3, 0.4) is 0 Å². The Morgan fingerprint density at radius 2 is 2.00 bits per heavy atom. The number of alkyl halides is 3. The van der Waals surface area contributed by atoms with Crippen molar-refractivity contribution in [2.75, 3.05) is 7.05 Å². The van der Waals surface area contributed by atoms with Gasteiger partial charge in [0, 0.05) is 27.3 Å². The quantitative estimate of drug-likeness (QED) is 0.821. The van der Waals surface area contributed by atoms with Crippen LogP contribution in [0.4, 0.5) is 13.2 Å². The van der Waals surface area contributed by atoms with Crippen molar-refractivity contribution in [3.05, 3.63) is 33.8 Å². The molecule has 0 radical (unpaired) electrons. The molecule has 0 aliphatic carbocycles. The molecule has 0 aromatic carbocycles. The Labute approximate surface area is 132 Å². The lowest BCUT2D eigenvalue weighted by Crippen LogP contribution is -2.28. The first-order chi connectivity index (χ1) is 10.1. The molecule has 0 saturated carbocycles. The average Bonchev–Trinajstić information content (AvgIpc) is 2.92. The summed E-state index contributed by atoms with van der Waals surface area (Å²) in [6.45, 7) is 0.208. The Morgan fingerprint density at radius 3 is 2.45 bits per heavy atom. The number of aromatic nitrogens is 4. The highest BCUT2D eigenvalue weighted by Crippen LogP contribution is 2.36. The second-order valence-corrected chi connectivity index (χ2v) is 5.53. The summed E-state index contributed by atoms with van der Waals surface area (Å²) < 4.78 is 40.6. The lowest BCUT2D eigenvalue weighted by atomic mass is 10.3. The molecule has 0 aliphatic rings. The molecular formula is C12H13BrF3N5O. The van der Waals surface area contributed by atoms with Gasteiger partial charge in [-0.15, -0.1) is 0 Å². The molecule has 0 spiro atoms. The normalized spacial score (nSPS) is 11.8. The van der Waals surface area contributed by atoms with Crippen molar-refractivity contribution < 1.29 is 18.0 Å². The maximum Gasteiger partial charge on any atom is 0.434 e. The minimum Gasteiger partial charge on any atom is -0.334 e. The Bertz CT molecular complexity index is 706. The van der Waals surface area contributed by atoms with Gasteiger partial charge in [0.15, 0.2) is 11.4 Å². The van der Waals surface area contributed by atoms with Crippen LogP contribution >= 0.6 is 15.9 Å². The van der Waals surface area contributed by atoms with Crippen molar-refractivity contribution in [2.45, 2.75) is 12.7 Å². The molecule has 0 N–H and O–H groups in total. The Hall–Kier alpha value is -1.84. The first-order valence-electron chi connectivity index (χ1n) is 6.15. The molecule has 0 atom stereocenters. The van der Waals surface area contributed by atoms with Gasteiger partial charge in [-0.2, -0.15) is 23.4 Å². The van der Waals surface area contributed by atoms with Gasteiger partial charge in [-0.25, -0.2) is 0 Å². The van der Waals surface area contributed by atoms with Crippen LogP contribution < -0.4 is 0 Å². The monoisotopic (exact) mass is 379 g/mol. The number of nitrogens with zero attached hydrogens (tertiary/aromatic N) is 5. The summed E-state index contributed by atoms with van der Waals surface area (Å²) in [5.74, 6) is -0.612. The third-order valence-corrected chi connectivity index (χ3v) is 3.88. The Balaban J connectivity index is 2.28. The van der Waals surface area contributed by atoms with Gasteiger partial charge in [0.05, 0.1) is 16.7 Å². The first-order valence-corrected chi connectivity index (χ1v) is 6.94. The molecule has 0 saturated heterocycles. The number of hydrogen-bond acceptors (Lipinski definition) is 3. The number of aryl methyl sites for hydroxylation is 2. The molecule has 2 aromatic rings. The van der Waals surface area contributed by atoms with E-state index in [1.165, 1.54) is 11.9 Å². The van der Waals surface area contributed by atoms with Gasteiger partial charge in [0.1, 0.15) is 0 Å². The number of amides is 1. The van der Waals surface area contributed by atoms with Crippen LogP contribution in [0.5, 0.6) is 0 Å². The third kappa shape index (κ3) is 3.01. The molecule has 6 nitrogen and oxygen atoms in total. The van der Waals surface area contributed by atoms with Gasteiger partial charge < -0.3 is 4.90 Å². The van der Waals surface area contributed by atoms with Crippen LogP contribution in [0.1, 0.15) is 21.9 Å². The van der Waals surface area contributed by atoms with Crippen molar-refractivity contribution in [3.8, 4) is 0 Å². The summed E-state index contributed by atoms with van der Waals surface area (Å²) in [5, 5.41) is 7.66. The number of carbonyl (C=O) groups excluding carboxylic acids is 1. The van der Waals surface area contributed by atoms with E-state index in [4.69, 9.17) is 0 Å². The molecule has 1 amide bonds. The molecule has 10 heteroatoms. The van der Waals surface area contributed by atoms with Gasteiger partial charge in [-0.3, -0.25) is 14.2 Å². The fraction of sp³-hybridized carbons (Fsp3) is 0.417. The molecule has 2 heterocycles. The number of carbonyl (C=O) groups is 1. The van der Waals surface area contributed by atoms with Crippen LogP contribution in [0, 0.1) is 0 Å². The minimum absolute atomic E-state index is 0.208. The van der Waals surface area contributed by atoms with Crippen molar-refractivity contribution in [3.63, 3.8) is 0 Å². The van der Waals surface area contributed by atoms with Crippen molar-refractivity contribution >= 4 is 21.8 Å². The lowest BCUT2D eigenvalue weighted by Gasteiger charge is -2.16. The highest BCUT2D eigenvalue weighted by molar-refractivity contribution is 9.10. The van der Waals surface area contributed by atoms with Crippen LogP contribution in [-0.4, -0.2) is 37.4 Å². The maximum atomic E-state index is 12.9. The van der Waals surface area contributed by atoms with E-state index in [1.54, 1.807) is 24.0 Å². The number of halogens is 4. The average molecular weight is 380 g/mol. The second-order valence-electron chi connectivity index (χ2n) is 4.74. The second kappa shape index (κ2) is 5.75. The smallest absolute Gasteiger partial charge is 0.334 e. The number of rotatable bonds is 3. The summed E-state index contributed by atoms with van der Waals surface area (Å²) in [6, 6.07) is 1.72. The highest BCUT2D eigenvalue weighted by atomic mass is 79.9. The van der Waals surface area contributed by atoms with E-state index in [0.29, 0.717) is 4.68 Å². The molecule has 2 rings (SSSR count). The van der Waals surface area contributed by atoms with E-state index < -0.39 is 17.8 Å². The van der Waals surface area contributed by atoms with E-state index in [1.807, 2.05) is 0 Å². The topological polar surface area (TPSA) is 56.0 Å². The molecule has 2 aromatic heterocycles. The van der Waals surface area contributed by atoms with Gasteiger partial charge >= 0.3 is 6.18 Å². The summed E-state index contributed by atoms with van der Waals surface area (Å²) in [5.41, 5.74) is -0.525. The van der Waals surface area contributed by atoms with Crippen LogP contribution in [0.15, 0.2) is 16.7 Å². The van der Waals surface area contributed by atoms with E-state index in [2.05, 4.69) is 26.1 Å². The zero-order valence-electron chi connectivity index (χ0n) is 12.0. The Kier molecular flexibility index (Phi) is 4.32. The van der Waals surface area contributed by atoms with Crippen molar-refractivity contribution in [1.29, 1.82) is 0 Å². The predicted molar refractivity (Wildman–Crippen MR) is 74.9 cm³/mol. The highest BCUT2D eigenvalue weighted by Gasteiger charge is 2.40.